The molecule has 0 radical (unpaired) electrons. The first-order valence-corrected chi connectivity index (χ1v) is 7.68. The minimum absolute atomic E-state index is 0.115. The highest BCUT2D eigenvalue weighted by Gasteiger charge is 2.74. The van der Waals surface area contributed by atoms with Crippen LogP contribution in [0.4, 0.5) is 32.0 Å². The predicted molar refractivity (Wildman–Crippen MR) is 86.9 cm³/mol. The molecule has 2 rings (SSSR count). The topological polar surface area (TPSA) is 66.4 Å². The summed E-state index contributed by atoms with van der Waals surface area (Å²) in [6.45, 7) is -2.90. The van der Waals surface area contributed by atoms with Gasteiger partial charge in [-0.1, -0.05) is 30.3 Å². The molecule has 0 bridgehead atoms. The second-order valence-corrected chi connectivity index (χ2v) is 5.77. The molecule has 150 valence electrons. The van der Waals surface area contributed by atoms with Crippen LogP contribution in [-0.4, -0.2) is 41.2 Å². The molecule has 10 heteroatoms. The lowest BCUT2D eigenvalue weighted by atomic mass is 9.94. The Labute approximate surface area is 154 Å². The van der Waals surface area contributed by atoms with E-state index in [9.17, 15) is 41.0 Å². The van der Waals surface area contributed by atoms with E-state index in [1.165, 1.54) is 17.4 Å². The minimum atomic E-state index is -6.14. The van der Waals surface area contributed by atoms with Crippen LogP contribution in [0.25, 0.3) is 0 Å². The third-order valence-corrected chi connectivity index (χ3v) is 3.88. The van der Waals surface area contributed by atoms with Crippen molar-refractivity contribution in [1.29, 1.82) is 0 Å². The van der Waals surface area contributed by atoms with Gasteiger partial charge in [0.1, 0.15) is 0 Å². The first-order valence-electron chi connectivity index (χ1n) is 7.68. The van der Waals surface area contributed by atoms with E-state index in [0.717, 1.165) is 24.3 Å². The molecule has 2 N–H and O–H groups in total. The highest BCUT2D eigenvalue weighted by Crippen LogP contribution is 2.43. The third-order valence-electron chi connectivity index (χ3n) is 3.88. The Kier molecular flexibility index (Phi) is 5.83. The van der Waals surface area contributed by atoms with Gasteiger partial charge in [-0.05, 0) is 24.3 Å². The van der Waals surface area contributed by atoms with Gasteiger partial charge in [0, 0.05) is 16.8 Å². The number of halogens is 6. The lowest BCUT2D eigenvalue weighted by Gasteiger charge is -2.34. The zero-order valence-electron chi connectivity index (χ0n) is 13.9. The van der Waals surface area contributed by atoms with E-state index in [4.69, 9.17) is 0 Å². The van der Waals surface area contributed by atoms with Crippen LogP contribution in [0.2, 0.25) is 0 Å². The number of rotatable bonds is 6. The van der Waals surface area contributed by atoms with Gasteiger partial charge in [0.05, 0.1) is 0 Å². The van der Waals surface area contributed by atoms with Crippen LogP contribution in [0.1, 0.15) is 15.9 Å². The lowest BCUT2D eigenvalue weighted by molar-refractivity contribution is -0.315. The number of carbonyl (C=O) groups is 2. The molecule has 2 aromatic rings. The van der Waals surface area contributed by atoms with Gasteiger partial charge in [0.25, 0.3) is 5.91 Å². The molecule has 0 fully saturated rings. The Bertz CT molecular complexity index is 852. The van der Waals surface area contributed by atoms with Crippen LogP contribution in [0.3, 0.4) is 0 Å². The fourth-order valence-electron chi connectivity index (χ4n) is 2.28. The van der Waals surface area contributed by atoms with Gasteiger partial charge in [-0.25, -0.2) is 4.39 Å². The molecule has 0 spiro atoms. The molecule has 2 aromatic carbocycles. The van der Waals surface area contributed by atoms with Gasteiger partial charge >= 0.3 is 17.7 Å². The third kappa shape index (κ3) is 3.86. The van der Waals surface area contributed by atoms with E-state index >= 15 is 0 Å². The van der Waals surface area contributed by atoms with Crippen molar-refractivity contribution < 1.29 is 41.0 Å². The highest BCUT2D eigenvalue weighted by molar-refractivity contribution is 6.09. The summed E-state index contributed by atoms with van der Waals surface area (Å²) in [5, 5.41) is 10.8. The Morgan fingerprint density at radius 2 is 1.36 bits per heavy atom. The highest BCUT2D eigenvalue weighted by atomic mass is 19.4. The average molecular weight is 405 g/mol. The molecule has 0 saturated carbocycles. The van der Waals surface area contributed by atoms with Crippen molar-refractivity contribution in [3.63, 3.8) is 0 Å². The molecule has 4 nitrogen and oxygen atoms in total. The van der Waals surface area contributed by atoms with Crippen LogP contribution in [0, 0.1) is 0 Å². The van der Waals surface area contributed by atoms with Crippen molar-refractivity contribution in [2.75, 3.05) is 12.0 Å². The number of alkyl halides is 6. The van der Waals surface area contributed by atoms with E-state index in [1.54, 1.807) is 18.2 Å². The number of hydrogen-bond acceptors (Lipinski definition) is 3. The van der Waals surface area contributed by atoms with Gasteiger partial charge in [0.15, 0.2) is 12.5 Å². The standard InChI is InChI=1S/C18H13F6NO3/c19-10-16(20,21)17(28,18(22,23)24)15(27)25-13-8-6-12(7-9-13)14(26)11-4-2-1-3-5-11/h1-9,28H,10H2,(H,25,27). The maximum atomic E-state index is 13.4. The fourth-order valence-corrected chi connectivity index (χ4v) is 2.28. The summed E-state index contributed by atoms with van der Waals surface area (Å²) in [6, 6.07) is 12.2. The monoisotopic (exact) mass is 405 g/mol. The van der Waals surface area contributed by atoms with E-state index in [-0.39, 0.29) is 5.56 Å². The molecule has 1 amide bonds. The minimum Gasteiger partial charge on any atom is -0.368 e. The van der Waals surface area contributed by atoms with Crippen LogP contribution >= 0.6 is 0 Å². The molecule has 0 heterocycles. The number of benzene rings is 2. The number of ketones is 1. The fraction of sp³-hybridized carbons (Fsp3) is 0.222. The number of aliphatic hydroxyl groups is 1. The van der Waals surface area contributed by atoms with Crippen molar-refractivity contribution in [3.8, 4) is 0 Å². The largest absolute Gasteiger partial charge is 0.432 e. The molecule has 28 heavy (non-hydrogen) atoms. The predicted octanol–water partition coefficient (Wildman–Crippen LogP) is 3.75. The first-order chi connectivity index (χ1) is 12.9. The summed E-state index contributed by atoms with van der Waals surface area (Å²) >= 11 is 0. The summed E-state index contributed by atoms with van der Waals surface area (Å²) in [6.07, 6.45) is -6.14. The maximum Gasteiger partial charge on any atom is 0.432 e. The SMILES string of the molecule is O=C(c1ccccc1)c1ccc(NC(=O)C(O)(C(F)(F)F)C(F)(F)CF)cc1. The first kappa shape index (κ1) is 21.4. The van der Waals surface area contributed by atoms with E-state index in [1.807, 2.05) is 0 Å². The van der Waals surface area contributed by atoms with Gasteiger partial charge in [0.2, 0.25) is 0 Å². The molecular formula is C18H13F6NO3. The smallest absolute Gasteiger partial charge is 0.368 e. The molecule has 0 aromatic heterocycles. The van der Waals surface area contributed by atoms with Crippen LogP contribution in [0.15, 0.2) is 54.6 Å². The number of carbonyl (C=O) groups excluding carboxylic acids is 2. The van der Waals surface area contributed by atoms with Gasteiger partial charge in [-0.2, -0.15) is 22.0 Å². The van der Waals surface area contributed by atoms with Crippen molar-refractivity contribution in [1.82, 2.24) is 0 Å². The summed E-state index contributed by atoms with van der Waals surface area (Å²) in [5.74, 6) is -8.38. The molecule has 0 saturated heterocycles. The quantitative estimate of drug-likeness (QED) is 0.568. The summed E-state index contributed by atoms with van der Waals surface area (Å²) in [4.78, 5) is 24.0. The second kappa shape index (κ2) is 7.63. The molecule has 1 unspecified atom stereocenters. The molecular weight excluding hydrogens is 392 g/mol. The molecule has 1 atom stereocenters. The normalized spacial score (nSPS) is 14.2. The van der Waals surface area contributed by atoms with Crippen LogP contribution in [-0.2, 0) is 4.79 Å². The average Bonchev–Trinajstić information content (AvgIpc) is 2.67. The van der Waals surface area contributed by atoms with Gasteiger partial charge in [-0.15, -0.1) is 0 Å². The number of nitrogens with one attached hydrogen (secondary N) is 1. The number of hydrogen-bond donors (Lipinski definition) is 2. The summed E-state index contributed by atoms with van der Waals surface area (Å²) in [7, 11) is 0. The summed E-state index contributed by atoms with van der Waals surface area (Å²) in [5.41, 5.74) is -5.24. The maximum absolute atomic E-state index is 13.4. The molecule has 0 aliphatic heterocycles. The Balaban J connectivity index is 2.25. The zero-order chi connectivity index (χ0) is 21.2. The van der Waals surface area contributed by atoms with Gasteiger partial charge in [-0.3, -0.25) is 9.59 Å². The van der Waals surface area contributed by atoms with Crippen molar-refractivity contribution in [2.45, 2.75) is 17.7 Å². The van der Waals surface area contributed by atoms with E-state index in [0.29, 0.717) is 5.56 Å². The Hall–Kier alpha value is -2.88. The Morgan fingerprint density at radius 1 is 0.857 bits per heavy atom. The number of anilines is 1. The van der Waals surface area contributed by atoms with E-state index in [2.05, 4.69) is 0 Å². The van der Waals surface area contributed by atoms with Crippen LogP contribution < -0.4 is 5.32 Å². The zero-order valence-corrected chi connectivity index (χ0v) is 13.9. The van der Waals surface area contributed by atoms with Crippen LogP contribution in [0.5, 0.6) is 0 Å². The lowest BCUT2D eigenvalue weighted by Crippen LogP contribution is -2.66. The molecule has 0 aliphatic rings. The van der Waals surface area contributed by atoms with Crippen molar-refractivity contribution >= 4 is 17.4 Å². The Morgan fingerprint density at radius 3 is 1.82 bits per heavy atom. The number of amides is 1. The van der Waals surface area contributed by atoms with Gasteiger partial charge < -0.3 is 10.4 Å². The van der Waals surface area contributed by atoms with Crippen molar-refractivity contribution in [3.05, 3.63) is 65.7 Å². The summed E-state index contributed by atoms with van der Waals surface area (Å²) < 4.78 is 77.8. The molecule has 0 aliphatic carbocycles. The van der Waals surface area contributed by atoms with E-state index < -0.39 is 41.8 Å². The van der Waals surface area contributed by atoms with Crippen molar-refractivity contribution in [2.24, 2.45) is 0 Å². The second-order valence-electron chi connectivity index (χ2n) is 5.77.